The molecule has 0 aliphatic heterocycles. The predicted octanol–water partition coefficient (Wildman–Crippen LogP) is 3.46. The smallest absolute Gasteiger partial charge is 0.262 e. The number of anilines is 1. The zero-order valence-corrected chi connectivity index (χ0v) is 12.5. The molecule has 21 heavy (non-hydrogen) atoms. The Balaban J connectivity index is 2.46. The van der Waals surface area contributed by atoms with Crippen LogP contribution in [0.25, 0.3) is 0 Å². The molecule has 0 atom stereocenters. The second kappa shape index (κ2) is 5.72. The van der Waals surface area contributed by atoms with Gasteiger partial charge < -0.3 is 0 Å². The van der Waals surface area contributed by atoms with Gasteiger partial charge in [-0.3, -0.25) is 4.72 Å². The topological polar surface area (TPSA) is 70.0 Å². The number of nitrogens with zero attached hydrogens (tertiary/aromatic N) is 1. The van der Waals surface area contributed by atoms with Crippen molar-refractivity contribution < 1.29 is 12.8 Å². The molecule has 2 aromatic carbocycles. The van der Waals surface area contributed by atoms with Crippen LogP contribution < -0.4 is 4.72 Å². The maximum atomic E-state index is 13.7. The standard InChI is InChI=1S/C14H10ClFN2O2S/c1-9-2-3-10(8-17)6-14(9)21(19,20)18-13-5-4-11(15)7-12(13)16/h2-7,18H,1H3. The lowest BCUT2D eigenvalue weighted by Gasteiger charge is -2.11. The maximum absolute atomic E-state index is 13.7. The molecule has 0 aromatic heterocycles. The number of rotatable bonds is 3. The first-order valence-corrected chi connectivity index (χ1v) is 7.68. The monoisotopic (exact) mass is 324 g/mol. The van der Waals surface area contributed by atoms with E-state index in [4.69, 9.17) is 16.9 Å². The van der Waals surface area contributed by atoms with Crippen LogP contribution in [0.1, 0.15) is 11.1 Å². The molecule has 0 heterocycles. The van der Waals surface area contributed by atoms with E-state index in [0.717, 1.165) is 6.07 Å². The van der Waals surface area contributed by atoms with Crippen LogP contribution in [0.5, 0.6) is 0 Å². The number of nitriles is 1. The molecule has 1 N–H and O–H groups in total. The van der Waals surface area contributed by atoms with E-state index in [0.29, 0.717) is 5.56 Å². The van der Waals surface area contributed by atoms with Crippen LogP contribution in [-0.2, 0) is 10.0 Å². The molecule has 0 aliphatic rings. The third-order valence-electron chi connectivity index (χ3n) is 2.78. The van der Waals surface area contributed by atoms with Crippen molar-refractivity contribution in [1.82, 2.24) is 0 Å². The predicted molar refractivity (Wildman–Crippen MR) is 78.1 cm³/mol. The highest BCUT2D eigenvalue weighted by Crippen LogP contribution is 2.24. The van der Waals surface area contributed by atoms with Gasteiger partial charge in [-0.05, 0) is 42.8 Å². The third-order valence-corrected chi connectivity index (χ3v) is 4.52. The van der Waals surface area contributed by atoms with E-state index in [1.54, 1.807) is 6.92 Å². The van der Waals surface area contributed by atoms with Crippen molar-refractivity contribution in [1.29, 1.82) is 5.26 Å². The lowest BCUT2D eigenvalue weighted by Crippen LogP contribution is -2.15. The molecule has 4 nitrogen and oxygen atoms in total. The minimum atomic E-state index is -4.00. The van der Waals surface area contributed by atoms with Crippen LogP contribution in [0, 0.1) is 24.1 Å². The normalized spacial score (nSPS) is 11.0. The highest BCUT2D eigenvalue weighted by Gasteiger charge is 2.19. The summed E-state index contributed by atoms with van der Waals surface area (Å²) >= 11 is 5.62. The molecule has 0 fully saturated rings. The fourth-order valence-corrected chi connectivity index (χ4v) is 3.23. The summed E-state index contributed by atoms with van der Waals surface area (Å²) in [4.78, 5) is -0.0732. The van der Waals surface area contributed by atoms with Gasteiger partial charge in [-0.15, -0.1) is 0 Å². The van der Waals surface area contributed by atoms with Gasteiger partial charge in [0.2, 0.25) is 0 Å². The molecule has 0 aliphatic carbocycles. The summed E-state index contributed by atoms with van der Waals surface area (Å²) in [6.07, 6.45) is 0. The largest absolute Gasteiger partial charge is 0.277 e. The Morgan fingerprint density at radius 1 is 1.24 bits per heavy atom. The van der Waals surface area contributed by atoms with Gasteiger partial charge in [0.1, 0.15) is 5.82 Å². The van der Waals surface area contributed by atoms with E-state index in [-0.39, 0.29) is 21.2 Å². The molecule has 0 saturated carbocycles. The minimum Gasteiger partial charge on any atom is -0.277 e. The molecule has 0 radical (unpaired) electrons. The minimum absolute atomic E-state index is 0.0732. The highest BCUT2D eigenvalue weighted by molar-refractivity contribution is 7.92. The number of benzene rings is 2. The first kappa shape index (κ1) is 15.3. The number of sulfonamides is 1. The van der Waals surface area contributed by atoms with Crippen molar-refractivity contribution in [3.05, 3.63) is 58.4 Å². The fraction of sp³-hybridized carbons (Fsp3) is 0.0714. The quantitative estimate of drug-likeness (QED) is 0.940. The Kier molecular flexibility index (Phi) is 4.16. The second-order valence-corrected chi connectivity index (χ2v) is 6.41. The summed E-state index contributed by atoms with van der Waals surface area (Å²) in [5, 5.41) is 9.01. The Morgan fingerprint density at radius 3 is 2.57 bits per heavy atom. The number of hydrogen-bond donors (Lipinski definition) is 1. The number of aryl methyl sites for hydroxylation is 1. The van der Waals surface area contributed by atoms with Gasteiger partial charge in [0.15, 0.2) is 0 Å². The molecule has 0 unspecified atom stereocenters. The molecular formula is C14H10ClFN2O2S. The van der Waals surface area contributed by atoms with Gasteiger partial charge in [-0.2, -0.15) is 5.26 Å². The van der Waals surface area contributed by atoms with Gasteiger partial charge in [0.05, 0.1) is 22.2 Å². The molecule has 2 rings (SSSR count). The molecule has 0 bridgehead atoms. The lowest BCUT2D eigenvalue weighted by molar-refractivity contribution is 0.598. The summed E-state index contributed by atoms with van der Waals surface area (Å²) < 4.78 is 40.4. The zero-order valence-electron chi connectivity index (χ0n) is 10.9. The summed E-state index contributed by atoms with van der Waals surface area (Å²) in [6, 6.07) is 9.76. The van der Waals surface area contributed by atoms with Gasteiger partial charge in [-0.25, -0.2) is 12.8 Å². The van der Waals surface area contributed by atoms with E-state index in [9.17, 15) is 12.8 Å². The summed E-state index contributed by atoms with van der Waals surface area (Å²) in [5.74, 6) is -0.778. The Labute approximate surface area is 126 Å². The van der Waals surface area contributed by atoms with Crippen LogP contribution in [0.2, 0.25) is 5.02 Å². The third kappa shape index (κ3) is 3.32. The van der Waals surface area contributed by atoms with Crippen molar-refractivity contribution in [2.45, 2.75) is 11.8 Å². The highest BCUT2D eigenvalue weighted by atomic mass is 35.5. The first-order chi connectivity index (χ1) is 9.83. The van der Waals surface area contributed by atoms with Gasteiger partial charge in [-0.1, -0.05) is 17.7 Å². The summed E-state index contributed by atoms with van der Waals surface area (Å²) in [7, 11) is -4.00. The second-order valence-electron chi connectivity index (χ2n) is 4.32. The van der Waals surface area contributed by atoms with Crippen molar-refractivity contribution in [2.24, 2.45) is 0 Å². The molecule has 0 amide bonds. The van der Waals surface area contributed by atoms with Gasteiger partial charge >= 0.3 is 0 Å². The van der Waals surface area contributed by atoms with Crippen molar-refractivity contribution >= 4 is 27.3 Å². The van der Waals surface area contributed by atoms with E-state index in [1.807, 2.05) is 6.07 Å². The van der Waals surface area contributed by atoms with Crippen molar-refractivity contribution in [3.63, 3.8) is 0 Å². The van der Waals surface area contributed by atoms with E-state index >= 15 is 0 Å². The zero-order chi connectivity index (χ0) is 15.6. The van der Waals surface area contributed by atoms with Gasteiger partial charge in [0.25, 0.3) is 10.0 Å². The van der Waals surface area contributed by atoms with E-state index in [1.165, 1.54) is 30.3 Å². The van der Waals surface area contributed by atoms with Crippen molar-refractivity contribution in [2.75, 3.05) is 4.72 Å². The van der Waals surface area contributed by atoms with Gasteiger partial charge in [0, 0.05) is 5.02 Å². The Hall–Kier alpha value is -2.10. The van der Waals surface area contributed by atoms with Crippen LogP contribution in [0.3, 0.4) is 0 Å². The molecular weight excluding hydrogens is 315 g/mol. The van der Waals surface area contributed by atoms with E-state index < -0.39 is 15.8 Å². The molecule has 0 spiro atoms. The Morgan fingerprint density at radius 2 is 1.95 bits per heavy atom. The average molecular weight is 325 g/mol. The lowest BCUT2D eigenvalue weighted by atomic mass is 10.2. The average Bonchev–Trinajstić information content (AvgIpc) is 2.42. The molecule has 108 valence electrons. The van der Waals surface area contributed by atoms with Crippen LogP contribution in [0.4, 0.5) is 10.1 Å². The molecule has 7 heteroatoms. The van der Waals surface area contributed by atoms with E-state index in [2.05, 4.69) is 4.72 Å². The SMILES string of the molecule is Cc1ccc(C#N)cc1S(=O)(=O)Nc1ccc(Cl)cc1F. The maximum Gasteiger partial charge on any atom is 0.262 e. The molecule has 2 aromatic rings. The van der Waals surface area contributed by atoms with Crippen LogP contribution in [-0.4, -0.2) is 8.42 Å². The Bertz CT molecular complexity index is 845. The van der Waals surface area contributed by atoms with Crippen molar-refractivity contribution in [3.8, 4) is 6.07 Å². The molecule has 0 saturated heterocycles. The summed E-state index contributed by atoms with van der Waals surface area (Å²) in [6.45, 7) is 1.59. The fourth-order valence-electron chi connectivity index (χ4n) is 1.73. The van der Waals surface area contributed by atoms with Crippen LogP contribution in [0.15, 0.2) is 41.3 Å². The first-order valence-electron chi connectivity index (χ1n) is 5.82. The summed E-state index contributed by atoms with van der Waals surface area (Å²) in [5.41, 5.74) is 0.453. The van der Waals surface area contributed by atoms with Crippen LogP contribution >= 0.6 is 11.6 Å². The number of hydrogen-bond acceptors (Lipinski definition) is 3. The number of halogens is 2. The number of nitrogens with one attached hydrogen (secondary N) is 1.